The van der Waals surface area contributed by atoms with E-state index in [9.17, 15) is 5.11 Å². The second-order valence-electron chi connectivity index (χ2n) is 5.67. The average molecular weight is 248 g/mol. The molecule has 0 aromatic carbocycles. The van der Waals surface area contributed by atoms with Crippen molar-refractivity contribution in [2.24, 2.45) is 5.92 Å². The van der Waals surface area contributed by atoms with Crippen molar-refractivity contribution >= 4 is 0 Å². The van der Waals surface area contributed by atoms with Gasteiger partial charge in [0, 0.05) is 31.4 Å². The number of hydrogen-bond donors (Lipinski definition) is 2. The summed E-state index contributed by atoms with van der Waals surface area (Å²) in [6.07, 6.45) is 7.03. The smallest absolute Gasteiger partial charge is 0.0774 e. The lowest BCUT2D eigenvalue weighted by Gasteiger charge is -2.35. The summed E-state index contributed by atoms with van der Waals surface area (Å²) < 4.78 is 0. The van der Waals surface area contributed by atoms with Crippen molar-refractivity contribution in [3.05, 3.63) is 30.1 Å². The summed E-state index contributed by atoms with van der Waals surface area (Å²) in [6, 6.07) is 5.99. The second kappa shape index (κ2) is 6.30. The predicted octanol–water partition coefficient (Wildman–Crippen LogP) is 2.15. The minimum atomic E-state index is -0.484. The summed E-state index contributed by atoms with van der Waals surface area (Å²) in [5.41, 5.74) is 0.621. The summed E-state index contributed by atoms with van der Waals surface area (Å²) in [6.45, 7) is 3.83. The van der Waals surface area contributed by atoms with Crippen LogP contribution in [0.15, 0.2) is 24.4 Å². The molecule has 2 atom stereocenters. The van der Waals surface area contributed by atoms with Gasteiger partial charge >= 0.3 is 0 Å². The molecule has 1 aromatic rings. The third kappa shape index (κ3) is 4.07. The molecule has 0 bridgehead atoms. The van der Waals surface area contributed by atoms with Crippen LogP contribution < -0.4 is 5.32 Å². The first-order valence-corrected chi connectivity index (χ1v) is 7.01. The zero-order chi connectivity index (χ0) is 12.8. The van der Waals surface area contributed by atoms with E-state index in [-0.39, 0.29) is 0 Å². The SMILES string of the molecule is CC1CCCC(O)(CNCCc2ccccn2)C1. The fourth-order valence-electron chi connectivity index (χ4n) is 2.88. The Labute approximate surface area is 110 Å². The molecule has 1 aliphatic rings. The molecule has 1 heterocycles. The number of nitrogens with one attached hydrogen (secondary N) is 1. The molecule has 2 rings (SSSR count). The van der Waals surface area contributed by atoms with Crippen LogP contribution in [0.5, 0.6) is 0 Å². The maximum atomic E-state index is 10.5. The number of hydrogen-bond acceptors (Lipinski definition) is 3. The second-order valence-corrected chi connectivity index (χ2v) is 5.67. The molecule has 0 radical (unpaired) electrons. The van der Waals surface area contributed by atoms with Gasteiger partial charge in [0.05, 0.1) is 5.60 Å². The summed E-state index contributed by atoms with van der Waals surface area (Å²) in [5, 5.41) is 13.8. The number of rotatable bonds is 5. The van der Waals surface area contributed by atoms with Gasteiger partial charge < -0.3 is 10.4 Å². The molecule has 0 spiro atoms. The third-order valence-electron chi connectivity index (χ3n) is 3.81. The van der Waals surface area contributed by atoms with E-state index in [0.717, 1.165) is 37.9 Å². The molecule has 18 heavy (non-hydrogen) atoms. The van der Waals surface area contributed by atoms with Crippen molar-refractivity contribution in [1.29, 1.82) is 0 Å². The third-order valence-corrected chi connectivity index (χ3v) is 3.81. The lowest BCUT2D eigenvalue weighted by atomic mass is 9.79. The monoisotopic (exact) mass is 248 g/mol. The molecule has 1 aliphatic carbocycles. The molecule has 0 amide bonds. The van der Waals surface area contributed by atoms with Crippen molar-refractivity contribution in [3.8, 4) is 0 Å². The number of nitrogens with zero attached hydrogens (tertiary/aromatic N) is 1. The van der Waals surface area contributed by atoms with Gasteiger partial charge in [0.25, 0.3) is 0 Å². The normalized spacial score (nSPS) is 28.2. The number of aliphatic hydroxyl groups is 1. The van der Waals surface area contributed by atoms with Crippen LogP contribution >= 0.6 is 0 Å². The average Bonchev–Trinajstić information content (AvgIpc) is 2.36. The van der Waals surface area contributed by atoms with Crippen LogP contribution in [0.3, 0.4) is 0 Å². The van der Waals surface area contributed by atoms with Crippen molar-refractivity contribution in [2.45, 2.75) is 44.6 Å². The Balaban J connectivity index is 1.69. The molecular formula is C15H24N2O. The number of pyridine rings is 1. The molecule has 3 nitrogen and oxygen atoms in total. The first-order chi connectivity index (χ1) is 8.68. The molecule has 1 saturated carbocycles. The van der Waals surface area contributed by atoms with Gasteiger partial charge in [-0.25, -0.2) is 0 Å². The summed E-state index contributed by atoms with van der Waals surface area (Å²) >= 11 is 0. The van der Waals surface area contributed by atoms with Crippen LogP contribution in [0.2, 0.25) is 0 Å². The Morgan fingerprint density at radius 1 is 1.50 bits per heavy atom. The lowest BCUT2D eigenvalue weighted by Crippen LogP contribution is -2.44. The van der Waals surface area contributed by atoms with Gasteiger partial charge in [-0.2, -0.15) is 0 Å². The molecule has 0 aliphatic heterocycles. The molecule has 2 unspecified atom stereocenters. The van der Waals surface area contributed by atoms with Crippen molar-refractivity contribution < 1.29 is 5.11 Å². The van der Waals surface area contributed by atoms with Gasteiger partial charge in [0.15, 0.2) is 0 Å². The van der Waals surface area contributed by atoms with Gasteiger partial charge in [-0.3, -0.25) is 4.98 Å². The van der Waals surface area contributed by atoms with Gasteiger partial charge in [-0.1, -0.05) is 25.8 Å². The van der Waals surface area contributed by atoms with Crippen LogP contribution in [-0.4, -0.2) is 28.8 Å². The Hall–Kier alpha value is -0.930. The topological polar surface area (TPSA) is 45.1 Å². The van der Waals surface area contributed by atoms with E-state index in [4.69, 9.17) is 0 Å². The quantitative estimate of drug-likeness (QED) is 0.785. The maximum Gasteiger partial charge on any atom is 0.0774 e. The van der Waals surface area contributed by atoms with Crippen LogP contribution in [0, 0.1) is 5.92 Å². The highest BCUT2D eigenvalue weighted by molar-refractivity contribution is 5.03. The Kier molecular flexibility index (Phi) is 4.72. The van der Waals surface area contributed by atoms with E-state index in [1.807, 2.05) is 24.4 Å². The molecule has 2 N–H and O–H groups in total. The fraction of sp³-hybridized carbons (Fsp3) is 0.667. The lowest BCUT2D eigenvalue weighted by molar-refractivity contribution is -0.0114. The fourth-order valence-corrected chi connectivity index (χ4v) is 2.88. The largest absolute Gasteiger partial charge is 0.389 e. The van der Waals surface area contributed by atoms with Crippen LogP contribution in [0.1, 0.15) is 38.3 Å². The standard InChI is InChI=1S/C15H24N2O/c1-13-5-4-8-15(18,11-13)12-16-10-7-14-6-2-3-9-17-14/h2-3,6,9,13,16,18H,4-5,7-8,10-12H2,1H3. The van der Waals surface area contributed by atoms with Crippen molar-refractivity contribution in [1.82, 2.24) is 10.3 Å². The Bertz CT molecular complexity index is 355. The molecule has 3 heteroatoms. The van der Waals surface area contributed by atoms with Gasteiger partial charge in [-0.05, 0) is 30.9 Å². The van der Waals surface area contributed by atoms with Crippen molar-refractivity contribution in [2.75, 3.05) is 13.1 Å². The van der Waals surface area contributed by atoms with E-state index in [1.54, 1.807) is 0 Å². The Morgan fingerprint density at radius 2 is 2.39 bits per heavy atom. The minimum absolute atomic E-state index is 0.484. The van der Waals surface area contributed by atoms with E-state index < -0.39 is 5.60 Å². The molecule has 0 saturated heterocycles. The molecule has 1 fully saturated rings. The first kappa shape index (κ1) is 13.5. The van der Waals surface area contributed by atoms with E-state index >= 15 is 0 Å². The van der Waals surface area contributed by atoms with Crippen molar-refractivity contribution in [3.63, 3.8) is 0 Å². The van der Waals surface area contributed by atoms with Crippen LogP contribution in [-0.2, 0) is 6.42 Å². The van der Waals surface area contributed by atoms with Gasteiger partial charge in [-0.15, -0.1) is 0 Å². The molecular weight excluding hydrogens is 224 g/mol. The zero-order valence-corrected chi connectivity index (χ0v) is 11.2. The highest BCUT2D eigenvalue weighted by Crippen LogP contribution is 2.31. The van der Waals surface area contributed by atoms with Gasteiger partial charge in [0.1, 0.15) is 0 Å². The highest BCUT2D eigenvalue weighted by atomic mass is 16.3. The zero-order valence-electron chi connectivity index (χ0n) is 11.2. The van der Waals surface area contributed by atoms with Crippen LogP contribution in [0.25, 0.3) is 0 Å². The predicted molar refractivity (Wildman–Crippen MR) is 73.4 cm³/mol. The van der Waals surface area contributed by atoms with E-state index in [2.05, 4.69) is 17.2 Å². The van der Waals surface area contributed by atoms with E-state index in [0.29, 0.717) is 12.5 Å². The maximum absolute atomic E-state index is 10.5. The summed E-state index contributed by atoms with van der Waals surface area (Å²) in [7, 11) is 0. The highest BCUT2D eigenvalue weighted by Gasteiger charge is 2.31. The summed E-state index contributed by atoms with van der Waals surface area (Å²) in [5.74, 6) is 0.654. The molecule has 1 aromatic heterocycles. The minimum Gasteiger partial charge on any atom is -0.389 e. The Morgan fingerprint density at radius 3 is 3.11 bits per heavy atom. The first-order valence-electron chi connectivity index (χ1n) is 7.01. The van der Waals surface area contributed by atoms with Gasteiger partial charge in [0.2, 0.25) is 0 Å². The number of aromatic nitrogens is 1. The molecule has 100 valence electrons. The van der Waals surface area contributed by atoms with Crippen LogP contribution in [0.4, 0.5) is 0 Å². The summed E-state index contributed by atoms with van der Waals surface area (Å²) in [4.78, 5) is 4.29. The van der Waals surface area contributed by atoms with E-state index in [1.165, 1.54) is 6.42 Å².